The lowest BCUT2D eigenvalue weighted by atomic mass is 10.3. The van der Waals surface area contributed by atoms with Gasteiger partial charge in [0.1, 0.15) is 5.69 Å². The largest absolute Gasteiger partial charge is 0.349 e. The second-order valence-corrected chi connectivity index (χ2v) is 5.89. The van der Waals surface area contributed by atoms with Gasteiger partial charge in [0, 0.05) is 28.0 Å². The third-order valence-electron chi connectivity index (χ3n) is 3.15. The SMILES string of the molecule is CNC(C)CNC(=O)c1cccn1-c1ccc(I)cc1. The summed E-state index contributed by atoms with van der Waals surface area (Å²) in [5.41, 5.74) is 1.64. The molecule has 2 rings (SSSR count). The minimum atomic E-state index is -0.0596. The Bertz CT molecular complexity index is 577. The van der Waals surface area contributed by atoms with Crippen LogP contribution in [0.2, 0.25) is 0 Å². The first-order valence-electron chi connectivity index (χ1n) is 6.50. The molecule has 0 radical (unpaired) electrons. The van der Waals surface area contributed by atoms with Gasteiger partial charge in [-0.25, -0.2) is 0 Å². The lowest BCUT2D eigenvalue weighted by Gasteiger charge is -2.13. The lowest BCUT2D eigenvalue weighted by Crippen LogP contribution is -2.37. The van der Waals surface area contributed by atoms with Crippen molar-refractivity contribution in [2.24, 2.45) is 0 Å². The van der Waals surface area contributed by atoms with Crippen LogP contribution < -0.4 is 10.6 Å². The van der Waals surface area contributed by atoms with Crippen LogP contribution in [0.15, 0.2) is 42.6 Å². The molecule has 4 nitrogen and oxygen atoms in total. The summed E-state index contributed by atoms with van der Waals surface area (Å²) in [6.07, 6.45) is 1.90. The molecule has 0 bridgehead atoms. The molecule has 1 unspecified atom stereocenters. The fraction of sp³-hybridized carbons (Fsp3) is 0.267. The number of amides is 1. The molecule has 1 aromatic carbocycles. The number of halogens is 1. The number of nitrogens with one attached hydrogen (secondary N) is 2. The van der Waals surface area contributed by atoms with Crippen LogP contribution in [0.3, 0.4) is 0 Å². The van der Waals surface area contributed by atoms with Crippen LogP contribution in [0, 0.1) is 3.57 Å². The molecule has 0 saturated carbocycles. The highest BCUT2D eigenvalue weighted by Gasteiger charge is 2.12. The maximum atomic E-state index is 12.2. The fourth-order valence-corrected chi connectivity index (χ4v) is 2.19. The highest BCUT2D eigenvalue weighted by molar-refractivity contribution is 14.1. The van der Waals surface area contributed by atoms with E-state index in [1.807, 2.05) is 61.1 Å². The zero-order chi connectivity index (χ0) is 14.5. The summed E-state index contributed by atoms with van der Waals surface area (Å²) in [4.78, 5) is 12.2. The number of nitrogens with zero attached hydrogens (tertiary/aromatic N) is 1. The van der Waals surface area contributed by atoms with Crippen LogP contribution in [0.25, 0.3) is 5.69 Å². The summed E-state index contributed by atoms with van der Waals surface area (Å²) in [6.45, 7) is 2.63. The van der Waals surface area contributed by atoms with E-state index in [9.17, 15) is 4.79 Å². The molecule has 1 aromatic heterocycles. The van der Waals surface area contributed by atoms with Crippen LogP contribution in [-0.4, -0.2) is 30.1 Å². The van der Waals surface area contributed by atoms with Crippen molar-refractivity contribution in [1.29, 1.82) is 0 Å². The summed E-state index contributed by atoms with van der Waals surface area (Å²) in [5.74, 6) is -0.0596. The molecular weight excluding hydrogens is 365 g/mol. The minimum Gasteiger partial charge on any atom is -0.349 e. The minimum absolute atomic E-state index is 0.0596. The van der Waals surface area contributed by atoms with E-state index in [4.69, 9.17) is 0 Å². The summed E-state index contributed by atoms with van der Waals surface area (Å²) < 4.78 is 3.07. The molecule has 0 aliphatic heterocycles. The zero-order valence-electron chi connectivity index (χ0n) is 11.6. The van der Waals surface area contributed by atoms with E-state index in [0.29, 0.717) is 12.2 Å². The molecule has 106 valence electrons. The van der Waals surface area contributed by atoms with Crippen molar-refractivity contribution in [3.63, 3.8) is 0 Å². The summed E-state index contributed by atoms with van der Waals surface area (Å²) in [7, 11) is 1.88. The highest BCUT2D eigenvalue weighted by atomic mass is 127. The standard InChI is InChI=1S/C15H18IN3O/c1-11(17-2)10-18-15(20)14-4-3-9-19(14)13-7-5-12(16)6-8-13/h3-9,11,17H,10H2,1-2H3,(H,18,20). The number of benzene rings is 1. The molecule has 0 aliphatic rings. The molecule has 0 fully saturated rings. The Kier molecular flexibility index (Phi) is 5.19. The predicted octanol–water partition coefficient (Wildman–Crippen LogP) is 2.42. The van der Waals surface area contributed by atoms with Gasteiger partial charge in [0.15, 0.2) is 0 Å². The van der Waals surface area contributed by atoms with Crippen molar-refractivity contribution in [3.05, 3.63) is 51.9 Å². The van der Waals surface area contributed by atoms with Crippen LogP contribution in [0.5, 0.6) is 0 Å². The second kappa shape index (κ2) is 6.90. The smallest absolute Gasteiger partial charge is 0.268 e. The van der Waals surface area contributed by atoms with Crippen molar-refractivity contribution in [1.82, 2.24) is 15.2 Å². The summed E-state index contributed by atoms with van der Waals surface area (Å²) in [5, 5.41) is 6.03. The van der Waals surface area contributed by atoms with Gasteiger partial charge in [-0.1, -0.05) is 0 Å². The number of aromatic nitrogens is 1. The monoisotopic (exact) mass is 383 g/mol. The van der Waals surface area contributed by atoms with Gasteiger partial charge in [-0.05, 0) is 73.0 Å². The molecular formula is C15H18IN3O. The first kappa shape index (κ1) is 15.1. The van der Waals surface area contributed by atoms with Crippen molar-refractivity contribution >= 4 is 28.5 Å². The molecule has 20 heavy (non-hydrogen) atoms. The normalized spacial score (nSPS) is 12.2. The molecule has 5 heteroatoms. The van der Waals surface area contributed by atoms with Gasteiger partial charge >= 0.3 is 0 Å². The maximum Gasteiger partial charge on any atom is 0.268 e. The Morgan fingerprint density at radius 3 is 2.65 bits per heavy atom. The number of carbonyl (C=O) groups is 1. The summed E-state index contributed by atoms with van der Waals surface area (Å²) in [6, 6.07) is 12.0. The molecule has 0 spiro atoms. The van der Waals surface area contributed by atoms with Gasteiger partial charge in [0.25, 0.3) is 5.91 Å². The Labute approximate surface area is 132 Å². The lowest BCUT2D eigenvalue weighted by molar-refractivity contribution is 0.0944. The highest BCUT2D eigenvalue weighted by Crippen LogP contribution is 2.14. The van der Waals surface area contributed by atoms with E-state index in [0.717, 1.165) is 5.69 Å². The fourth-order valence-electron chi connectivity index (χ4n) is 1.83. The Hall–Kier alpha value is -1.34. The number of carbonyl (C=O) groups excluding carboxylic acids is 1. The molecule has 1 amide bonds. The predicted molar refractivity (Wildman–Crippen MR) is 89.3 cm³/mol. The summed E-state index contributed by atoms with van der Waals surface area (Å²) >= 11 is 2.27. The van der Waals surface area contributed by atoms with Crippen LogP contribution in [0.4, 0.5) is 0 Å². The number of rotatable bonds is 5. The van der Waals surface area contributed by atoms with E-state index >= 15 is 0 Å². The van der Waals surface area contributed by atoms with E-state index < -0.39 is 0 Å². The zero-order valence-corrected chi connectivity index (χ0v) is 13.7. The van der Waals surface area contributed by atoms with Gasteiger partial charge in [-0.15, -0.1) is 0 Å². The maximum absolute atomic E-state index is 12.2. The van der Waals surface area contributed by atoms with Crippen molar-refractivity contribution in [2.45, 2.75) is 13.0 Å². The second-order valence-electron chi connectivity index (χ2n) is 4.64. The quantitative estimate of drug-likeness (QED) is 0.780. The van der Waals surface area contributed by atoms with Gasteiger partial charge in [0.05, 0.1) is 0 Å². The molecule has 0 saturated heterocycles. The molecule has 1 heterocycles. The first-order valence-corrected chi connectivity index (χ1v) is 7.58. The van der Waals surface area contributed by atoms with Crippen molar-refractivity contribution < 1.29 is 4.79 Å². The topological polar surface area (TPSA) is 46.1 Å². The van der Waals surface area contributed by atoms with Crippen LogP contribution >= 0.6 is 22.6 Å². The Morgan fingerprint density at radius 1 is 1.30 bits per heavy atom. The Morgan fingerprint density at radius 2 is 2.00 bits per heavy atom. The molecule has 2 aromatic rings. The number of hydrogen-bond acceptors (Lipinski definition) is 2. The first-order chi connectivity index (χ1) is 9.61. The number of likely N-dealkylation sites (N-methyl/N-ethyl adjacent to an activating group) is 1. The van der Waals surface area contributed by atoms with Crippen molar-refractivity contribution in [3.8, 4) is 5.69 Å². The molecule has 0 aliphatic carbocycles. The van der Waals surface area contributed by atoms with Crippen molar-refractivity contribution in [2.75, 3.05) is 13.6 Å². The third kappa shape index (κ3) is 3.61. The average Bonchev–Trinajstić information content (AvgIpc) is 2.94. The van der Waals surface area contributed by atoms with E-state index in [1.54, 1.807) is 0 Å². The Balaban J connectivity index is 2.16. The van der Waals surface area contributed by atoms with E-state index in [2.05, 4.69) is 33.2 Å². The third-order valence-corrected chi connectivity index (χ3v) is 3.87. The van der Waals surface area contributed by atoms with E-state index in [-0.39, 0.29) is 11.9 Å². The van der Waals surface area contributed by atoms with Gasteiger partial charge in [-0.2, -0.15) is 0 Å². The van der Waals surface area contributed by atoms with Gasteiger partial charge < -0.3 is 15.2 Å². The van der Waals surface area contributed by atoms with Gasteiger partial charge in [-0.3, -0.25) is 4.79 Å². The van der Waals surface area contributed by atoms with Gasteiger partial charge in [0.2, 0.25) is 0 Å². The van der Waals surface area contributed by atoms with Crippen LogP contribution in [0.1, 0.15) is 17.4 Å². The number of hydrogen-bond donors (Lipinski definition) is 2. The average molecular weight is 383 g/mol. The van der Waals surface area contributed by atoms with E-state index in [1.165, 1.54) is 3.57 Å². The molecule has 2 N–H and O–H groups in total. The molecule has 1 atom stereocenters. The van der Waals surface area contributed by atoms with Crippen LogP contribution in [-0.2, 0) is 0 Å².